The Balaban J connectivity index is 1.46. The third-order valence-corrected chi connectivity index (χ3v) is 8.72. The van der Waals surface area contributed by atoms with Crippen LogP contribution in [0.15, 0.2) is 47.4 Å². The number of carbonyl (C=O) groups excluding carboxylic acids is 1. The second-order valence-electron chi connectivity index (χ2n) is 8.82. The van der Waals surface area contributed by atoms with Crippen LogP contribution in [-0.4, -0.2) is 71.0 Å². The van der Waals surface area contributed by atoms with E-state index in [1.165, 1.54) is 19.2 Å². The average molecular weight is 524 g/mol. The minimum atomic E-state index is -3.24. The number of ether oxygens (including phenoxy) is 2. The maximum atomic E-state index is 12.8. The summed E-state index contributed by atoms with van der Waals surface area (Å²) in [7, 11) is -0.0986. The molecule has 0 unspecified atom stereocenters. The number of sulfone groups is 1. The highest BCUT2D eigenvalue weighted by molar-refractivity contribution is 7.91. The number of anilines is 1. The van der Waals surface area contributed by atoms with Crippen LogP contribution in [0.5, 0.6) is 5.75 Å². The summed E-state index contributed by atoms with van der Waals surface area (Å²) in [5, 5.41) is 3.25. The van der Waals surface area contributed by atoms with Crippen LogP contribution in [0.4, 0.5) is 5.69 Å². The first kappa shape index (κ1) is 27.3. The Kier molecular flexibility index (Phi) is 9.40. The number of hydrogen-bond acceptors (Lipinski definition) is 7. The lowest BCUT2D eigenvalue weighted by Crippen LogP contribution is -2.52. The standard InChI is InChI=1S/C25H34ClN3O5S/c1-33-23-17-22(27)21(26)16-20(23)24(30)28-18-25(34-2)10-13-29(14-11-25)12-6-7-15-35(31,32)19-8-4-3-5-9-19/h3-5,8-9,16-17H,6-7,10-15,18,27H2,1-2H3,(H,28,30). The number of rotatable bonds is 11. The highest BCUT2D eigenvalue weighted by atomic mass is 35.5. The first-order valence-corrected chi connectivity index (χ1v) is 13.7. The zero-order valence-corrected chi connectivity index (χ0v) is 21.8. The van der Waals surface area contributed by atoms with Crippen molar-refractivity contribution in [3.05, 3.63) is 53.1 Å². The Morgan fingerprint density at radius 3 is 2.46 bits per heavy atom. The number of nitrogens with zero attached hydrogens (tertiary/aromatic N) is 1. The van der Waals surface area contributed by atoms with Crippen LogP contribution in [0.2, 0.25) is 5.02 Å². The fraction of sp³-hybridized carbons (Fsp3) is 0.480. The van der Waals surface area contributed by atoms with Gasteiger partial charge in [0.2, 0.25) is 0 Å². The minimum Gasteiger partial charge on any atom is -0.496 e. The molecule has 8 nitrogen and oxygen atoms in total. The van der Waals surface area contributed by atoms with Crippen LogP contribution in [-0.2, 0) is 14.6 Å². The first-order chi connectivity index (χ1) is 16.7. The quantitative estimate of drug-likeness (QED) is 0.343. The number of nitrogens with one attached hydrogen (secondary N) is 1. The molecule has 0 aliphatic carbocycles. The van der Waals surface area contributed by atoms with Crippen molar-refractivity contribution >= 4 is 33.0 Å². The Labute approximate surface area is 212 Å². The largest absolute Gasteiger partial charge is 0.496 e. The second-order valence-corrected chi connectivity index (χ2v) is 11.3. The van der Waals surface area contributed by atoms with Crippen LogP contribution in [0.25, 0.3) is 0 Å². The molecule has 0 spiro atoms. The van der Waals surface area contributed by atoms with Gasteiger partial charge in [-0.1, -0.05) is 29.8 Å². The highest BCUT2D eigenvalue weighted by Gasteiger charge is 2.35. The molecular weight excluding hydrogens is 490 g/mol. The van der Waals surface area contributed by atoms with Crippen LogP contribution in [0.1, 0.15) is 36.0 Å². The van der Waals surface area contributed by atoms with E-state index < -0.39 is 15.4 Å². The summed E-state index contributed by atoms with van der Waals surface area (Å²) in [6.07, 6.45) is 2.93. The molecule has 192 valence electrons. The van der Waals surface area contributed by atoms with Crippen LogP contribution in [0, 0.1) is 0 Å². The average Bonchev–Trinajstić information content (AvgIpc) is 2.87. The number of benzene rings is 2. The van der Waals surface area contributed by atoms with Gasteiger partial charge in [-0.2, -0.15) is 0 Å². The molecule has 1 saturated heterocycles. The molecule has 1 fully saturated rings. The summed E-state index contributed by atoms with van der Waals surface area (Å²) in [6.45, 7) is 2.81. The fourth-order valence-corrected chi connectivity index (χ4v) is 5.82. The highest BCUT2D eigenvalue weighted by Crippen LogP contribution is 2.30. The predicted octanol–water partition coefficient (Wildman–Crippen LogP) is 3.40. The van der Waals surface area contributed by atoms with E-state index >= 15 is 0 Å². The number of hydrogen-bond donors (Lipinski definition) is 2. The number of unbranched alkanes of at least 4 members (excludes halogenated alkanes) is 1. The van der Waals surface area contributed by atoms with E-state index in [9.17, 15) is 13.2 Å². The van der Waals surface area contributed by atoms with Crippen LogP contribution < -0.4 is 15.8 Å². The van der Waals surface area contributed by atoms with Crippen LogP contribution in [0.3, 0.4) is 0 Å². The smallest absolute Gasteiger partial charge is 0.255 e. The zero-order chi connectivity index (χ0) is 25.5. The van der Waals surface area contributed by atoms with Gasteiger partial charge < -0.3 is 25.4 Å². The summed E-state index contributed by atoms with van der Waals surface area (Å²) in [4.78, 5) is 15.5. The molecule has 1 heterocycles. The van der Waals surface area contributed by atoms with Gasteiger partial charge >= 0.3 is 0 Å². The number of methoxy groups -OCH3 is 2. The topological polar surface area (TPSA) is 111 Å². The summed E-state index contributed by atoms with van der Waals surface area (Å²) in [5.74, 6) is 0.208. The van der Waals surface area contributed by atoms with E-state index in [0.29, 0.717) is 39.9 Å². The van der Waals surface area contributed by atoms with Crippen molar-refractivity contribution in [3.8, 4) is 5.75 Å². The van der Waals surface area contributed by atoms with Gasteiger partial charge in [-0.25, -0.2) is 8.42 Å². The number of halogens is 1. The third kappa shape index (κ3) is 7.10. The van der Waals surface area contributed by atoms with Gasteiger partial charge in [-0.3, -0.25) is 4.79 Å². The van der Waals surface area contributed by atoms with E-state index in [-0.39, 0.29) is 11.7 Å². The maximum absolute atomic E-state index is 12.8. The van der Waals surface area contributed by atoms with Crippen molar-refractivity contribution in [1.82, 2.24) is 10.2 Å². The summed E-state index contributed by atoms with van der Waals surface area (Å²) in [6, 6.07) is 11.6. The summed E-state index contributed by atoms with van der Waals surface area (Å²) in [5.41, 5.74) is 6.01. The number of nitrogens with two attached hydrogens (primary N) is 1. The molecule has 1 aliphatic rings. The van der Waals surface area contributed by atoms with Crippen molar-refractivity contribution in [1.29, 1.82) is 0 Å². The van der Waals surface area contributed by atoms with Crippen molar-refractivity contribution in [2.45, 2.75) is 36.2 Å². The Bertz CT molecular complexity index is 1100. The van der Waals surface area contributed by atoms with Crippen molar-refractivity contribution in [2.24, 2.45) is 0 Å². The molecule has 2 aromatic carbocycles. The molecule has 0 saturated carbocycles. The van der Waals surface area contributed by atoms with Gasteiger partial charge in [-0.05, 0) is 50.4 Å². The fourth-order valence-electron chi connectivity index (χ4n) is 4.26. The monoisotopic (exact) mass is 523 g/mol. The molecule has 10 heteroatoms. The number of piperidine rings is 1. The van der Waals surface area contributed by atoms with Gasteiger partial charge in [0.25, 0.3) is 5.91 Å². The van der Waals surface area contributed by atoms with Crippen molar-refractivity contribution in [3.63, 3.8) is 0 Å². The van der Waals surface area contributed by atoms with Gasteiger partial charge in [0.15, 0.2) is 9.84 Å². The van der Waals surface area contributed by atoms with E-state index in [4.69, 9.17) is 26.8 Å². The maximum Gasteiger partial charge on any atom is 0.255 e. The number of likely N-dealkylation sites (tertiary alicyclic amines) is 1. The van der Waals surface area contributed by atoms with E-state index in [1.807, 2.05) is 6.07 Å². The van der Waals surface area contributed by atoms with Crippen molar-refractivity contribution in [2.75, 3.05) is 51.9 Å². The Morgan fingerprint density at radius 2 is 1.83 bits per heavy atom. The third-order valence-electron chi connectivity index (χ3n) is 6.57. The molecule has 0 atom stereocenters. The van der Waals surface area contributed by atoms with Gasteiger partial charge in [0.05, 0.1) is 39.6 Å². The zero-order valence-electron chi connectivity index (χ0n) is 20.3. The number of amides is 1. The summed E-state index contributed by atoms with van der Waals surface area (Å²) < 4.78 is 36.0. The SMILES string of the molecule is COc1cc(N)c(Cl)cc1C(=O)NCC1(OC)CCN(CCCCS(=O)(=O)c2ccccc2)CC1. The first-order valence-electron chi connectivity index (χ1n) is 11.7. The number of nitrogen functional groups attached to an aromatic ring is 1. The van der Waals surface area contributed by atoms with E-state index in [2.05, 4.69) is 10.2 Å². The van der Waals surface area contributed by atoms with E-state index in [1.54, 1.807) is 31.4 Å². The predicted molar refractivity (Wildman–Crippen MR) is 138 cm³/mol. The van der Waals surface area contributed by atoms with E-state index in [0.717, 1.165) is 38.9 Å². The van der Waals surface area contributed by atoms with Crippen molar-refractivity contribution < 1.29 is 22.7 Å². The Morgan fingerprint density at radius 1 is 1.14 bits per heavy atom. The second kappa shape index (κ2) is 12.1. The van der Waals surface area contributed by atoms with Crippen LogP contribution >= 0.6 is 11.6 Å². The molecule has 0 bridgehead atoms. The molecule has 1 aliphatic heterocycles. The normalized spacial score (nSPS) is 16.1. The lowest BCUT2D eigenvalue weighted by atomic mass is 9.90. The lowest BCUT2D eigenvalue weighted by Gasteiger charge is -2.41. The number of carbonyl (C=O) groups is 1. The van der Waals surface area contributed by atoms with Gasteiger partial charge in [0.1, 0.15) is 5.75 Å². The van der Waals surface area contributed by atoms with Gasteiger partial charge in [0, 0.05) is 32.8 Å². The molecule has 0 radical (unpaired) electrons. The molecule has 1 amide bonds. The summed E-state index contributed by atoms with van der Waals surface area (Å²) >= 11 is 6.09. The Hall–Kier alpha value is -2.33. The molecule has 3 N–H and O–H groups in total. The molecular formula is C25H34ClN3O5S. The lowest BCUT2D eigenvalue weighted by molar-refractivity contribution is -0.0541. The molecule has 0 aromatic heterocycles. The van der Waals surface area contributed by atoms with Gasteiger partial charge in [-0.15, -0.1) is 0 Å². The molecule has 2 aromatic rings. The minimum absolute atomic E-state index is 0.150. The molecule has 35 heavy (non-hydrogen) atoms. The molecule has 3 rings (SSSR count).